The summed E-state index contributed by atoms with van der Waals surface area (Å²) < 4.78 is 0. The highest BCUT2D eigenvalue weighted by Crippen LogP contribution is 2.33. The number of aromatic nitrogens is 3. The second-order valence-corrected chi connectivity index (χ2v) is 12.5. The summed E-state index contributed by atoms with van der Waals surface area (Å²) in [6.07, 6.45) is 0. The molecule has 0 saturated carbocycles. The molecule has 0 fully saturated rings. The summed E-state index contributed by atoms with van der Waals surface area (Å²) in [6, 6.07) is 65.9. The van der Waals surface area contributed by atoms with E-state index in [1.54, 1.807) is 0 Å². The molecule has 3 nitrogen and oxygen atoms in total. The molecule has 1 aromatic heterocycles. The quantitative estimate of drug-likeness (QED) is 0.170. The zero-order valence-corrected chi connectivity index (χ0v) is 27.2. The van der Waals surface area contributed by atoms with Crippen molar-refractivity contribution in [3.8, 4) is 67.5 Å². The molecule has 0 aliphatic rings. The molecule has 0 bridgehead atoms. The lowest BCUT2D eigenvalue weighted by Crippen LogP contribution is -2.00. The fourth-order valence-electron chi connectivity index (χ4n) is 6.73. The van der Waals surface area contributed by atoms with Crippen molar-refractivity contribution >= 4 is 21.5 Å². The highest BCUT2D eigenvalue weighted by atomic mass is 15.0. The van der Waals surface area contributed by atoms with E-state index in [4.69, 9.17) is 15.0 Å². The first-order chi connectivity index (χ1) is 24.7. The van der Waals surface area contributed by atoms with E-state index in [1.807, 2.05) is 12.1 Å². The van der Waals surface area contributed by atoms with Gasteiger partial charge in [-0.05, 0) is 79.2 Å². The summed E-state index contributed by atoms with van der Waals surface area (Å²) in [4.78, 5) is 15.3. The van der Waals surface area contributed by atoms with Crippen LogP contribution in [0.1, 0.15) is 0 Å². The molecular weight excluding hydrogens is 607 g/mol. The highest BCUT2D eigenvalue weighted by molar-refractivity contribution is 6.08. The summed E-state index contributed by atoms with van der Waals surface area (Å²) in [7, 11) is 0. The zero-order valence-electron chi connectivity index (χ0n) is 27.2. The molecule has 0 aliphatic heterocycles. The molecule has 9 aromatic rings. The summed E-state index contributed by atoms with van der Waals surface area (Å²) in [6.45, 7) is 0. The first kappa shape index (κ1) is 29.4. The highest BCUT2D eigenvalue weighted by Gasteiger charge is 2.15. The van der Waals surface area contributed by atoms with Gasteiger partial charge in [-0.25, -0.2) is 15.0 Å². The van der Waals surface area contributed by atoms with Crippen LogP contribution in [0, 0.1) is 0 Å². The van der Waals surface area contributed by atoms with Gasteiger partial charge >= 0.3 is 0 Å². The van der Waals surface area contributed by atoms with Crippen LogP contribution in [0.25, 0.3) is 89.1 Å². The Labute approximate surface area is 291 Å². The Morgan fingerprint density at radius 3 is 1.14 bits per heavy atom. The topological polar surface area (TPSA) is 38.7 Å². The number of hydrogen-bond acceptors (Lipinski definition) is 3. The molecule has 0 amide bonds. The minimum Gasteiger partial charge on any atom is -0.208 e. The molecule has 0 radical (unpaired) electrons. The second-order valence-electron chi connectivity index (χ2n) is 12.5. The SMILES string of the molecule is c1ccc(-c2cccc(-c3nc(-c4cccc(-c5ccccc5)c4)nc(-c4cccc(-c5ccc6c(ccc7ccccc76)c5)c4)n3)c2)cc1. The van der Waals surface area contributed by atoms with Crippen LogP contribution in [0.3, 0.4) is 0 Å². The van der Waals surface area contributed by atoms with Crippen LogP contribution in [0.4, 0.5) is 0 Å². The molecule has 0 unspecified atom stereocenters. The zero-order chi connectivity index (χ0) is 33.3. The van der Waals surface area contributed by atoms with Gasteiger partial charge in [0.2, 0.25) is 0 Å². The van der Waals surface area contributed by atoms with Crippen LogP contribution < -0.4 is 0 Å². The van der Waals surface area contributed by atoms with Gasteiger partial charge in [0.05, 0.1) is 0 Å². The van der Waals surface area contributed by atoms with Crippen molar-refractivity contribution in [1.29, 1.82) is 0 Å². The monoisotopic (exact) mass is 637 g/mol. The van der Waals surface area contributed by atoms with Crippen LogP contribution >= 0.6 is 0 Å². The van der Waals surface area contributed by atoms with Crippen molar-refractivity contribution in [1.82, 2.24) is 15.0 Å². The summed E-state index contributed by atoms with van der Waals surface area (Å²) in [5.74, 6) is 1.90. The average molecular weight is 638 g/mol. The normalized spacial score (nSPS) is 11.2. The van der Waals surface area contributed by atoms with Crippen molar-refractivity contribution in [3.05, 3.63) is 188 Å². The van der Waals surface area contributed by atoms with E-state index in [-0.39, 0.29) is 0 Å². The van der Waals surface area contributed by atoms with Gasteiger partial charge in [0.25, 0.3) is 0 Å². The van der Waals surface area contributed by atoms with Crippen molar-refractivity contribution in [2.45, 2.75) is 0 Å². The van der Waals surface area contributed by atoms with E-state index >= 15 is 0 Å². The van der Waals surface area contributed by atoms with Crippen LogP contribution in [0.2, 0.25) is 0 Å². The van der Waals surface area contributed by atoms with Crippen LogP contribution in [0.5, 0.6) is 0 Å². The van der Waals surface area contributed by atoms with Crippen molar-refractivity contribution in [2.75, 3.05) is 0 Å². The predicted octanol–water partition coefficient (Wildman–Crippen LogP) is 12.2. The lowest BCUT2D eigenvalue weighted by atomic mass is 9.96. The second kappa shape index (κ2) is 12.7. The lowest BCUT2D eigenvalue weighted by Gasteiger charge is -2.12. The Hall–Kier alpha value is -6.71. The van der Waals surface area contributed by atoms with Gasteiger partial charge in [0.15, 0.2) is 17.5 Å². The van der Waals surface area contributed by atoms with Crippen molar-refractivity contribution in [3.63, 3.8) is 0 Å². The molecule has 1 heterocycles. The number of benzene rings is 8. The largest absolute Gasteiger partial charge is 0.208 e. The van der Waals surface area contributed by atoms with E-state index in [0.717, 1.165) is 50.1 Å². The molecule has 234 valence electrons. The van der Waals surface area contributed by atoms with Gasteiger partial charge in [-0.2, -0.15) is 0 Å². The number of hydrogen-bond donors (Lipinski definition) is 0. The van der Waals surface area contributed by atoms with Crippen LogP contribution in [-0.4, -0.2) is 15.0 Å². The molecule has 50 heavy (non-hydrogen) atoms. The summed E-state index contributed by atoms with van der Waals surface area (Å²) in [5.41, 5.74) is 9.60. The minimum absolute atomic E-state index is 0.633. The maximum Gasteiger partial charge on any atom is 0.164 e. The van der Waals surface area contributed by atoms with E-state index in [2.05, 4.69) is 176 Å². The van der Waals surface area contributed by atoms with Crippen molar-refractivity contribution in [2.24, 2.45) is 0 Å². The molecule has 9 rings (SSSR count). The maximum atomic E-state index is 5.11. The molecule has 0 atom stereocenters. The van der Waals surface area contributed by atoms with E-state index < -0.39 is 0 Å². The summed E-state index contributed by atoms with van der Waals surface area (Å²) in [5, 5.41) is 4.99. The molecule has 8 aromatic carbocycles. The molecule has 0 aliphatic carbocycles. The van der Waals surface area contributed by atoms with Gasteiger partial charge in [-0.1, -0.05) is 164 Å². The molecule has 0 saturated heterocycles. The first-order valence-electron chi connectivity index (χ1n) is 16.9. The third-order valence-electron chi connectivity index (χ3n) is 9.29. The van der Waals surface area contributed by atoms with Crippen LogP contribution in [-0.2, 0) is 0 Å². The Morgan fingerprint density at radius 2 is 0.600 bits per heavy atom. The van der Waals surface area contributed by atoms with Gasteiger partial charge in [0.1, 0.15) is 0 Å². The number of nitrogens with zero attached hydrogens (tertiary/aromatic N) is 3. The Bertz CT molecular complexity index is 2550. The number of rotatable bonds is 6. The Morgan fingerprint density at radius 1 is 0.220 bits per heavy atom. The van der Waals surface area contributed by atoms with E-state index in [9.17, 15) is 0 Å². The molecule has 0 N–H and O–H groups in total. The lowest BCUT2D eigenvalue weighted by molar-refractivity contribution is 1.07. The fraction of sp³-hybridized carbons (Fsp3) is 0. The Balaban J connectivity index is 1.17. The smallest absolute Gasteiger partial charge is 0.164 e. The first-order valence-corrected chi connectivity index (χ1v) is 16.9. The number of fused-ring (bicyclic) bond motifs is 3. The Kier molecular flexibility index (Phi) is 7.49. The fourth-order valence-corrected chi connectivity index (χ4v) is 6.73. The van der Waals surface area contributed by atoms with Crippen molar-refractivity contribution < 1.29 is 0 Å². The summed E-state index contributed by atoms with van der Waals surface area (Å²) >= 11 is 0. The van der Waals surface area contributed by atoms with Gasteiger partial charge < -0.3 is 0 Å². The predicted molar refractivity (Wildman–Crippen MR) is 207 cm³/mol. The standard InChI is InChI=1S/C47H31N3/c1-3-12-32(13-4-1)35-17-9-20-40(29-35)45-48-46(41-21-10-18-36(30-41)33-14-5-2-6-15-33)50-47(49-45)42-22-11-19-37(31-42)38-26-27-44-39(28-38)25-24-34-16-7-8-23-43(34)44/h1-31H. The van der Waals surface area contributed by atoms with E-state index in [1.165, 1.54) is 21.5 Å². The van der Waals surface area contributed by atoms with Gasteiger partial charge in [-0.3, -0.25) is 0 Å². The molecular formula is C47H31N3. The average Bonchev–Trinajstić information content (AvgIpc) is 3.21. The molecule has 0 spiro atoms. The third-order valence-corrected chi connectivity index (χ3v) is 9.29. The van der Waals surface area contributed by atoms with Crippen LogP contribution in [0.15, 0.2) is 188 Å². The maximum absolute atomic E-state index is 5.11. The third kappa shape index (κ3) is 5.72. The van der Waals surface area contributed by atoms with E-state index in [0.29, 0.717) is 17.5 Å². The molecule has 3 heteroatoms. The van der Waals surface area contributed by atoms with Gasteiger partial charge in [0, 0.05) is 16.7 Å². The minimum atomic E-state index is 0.633. The van der Waals surface area contributed by atoms with Gasteiger partial charge in [-0.15, -0.1) is 0 Å².